The van der Waals surface area contributed by atoms with Crippen LogP contribution in [-0.2, 0) is 10.3 Å². The number of rotatable bonds is 1. The molecular weight excluding hydrogens is 271 g/mol. The number of nitrogens with zero attached hydrogens (tertiary/aromatic N) is 2. The van der Waals surface area contributed by atoms with Crippen LogP contribution < -0.4 is 0 Å². The van der Waals surface area contributed by atoms with E-state index in [-0.39, 0.29) is 68.4 Å². The van der Waals surface area contributed by atoms with Crippen molar-refractivity contribution in [1.29, 1.82) is 0 Å². The van der Waals surface area contributed by atoms with Gasteiger partial charge in [0.15, 0.2) is 0 Å². The Labute approximate surface area is 154 Å². The van der Waals surface area contributed by atoms with Crippen molar-refractivity contribution < 1.29 is 14.6 Å². The molecule has 2 rings (SSSR count). The van der Waals surface area contributed by atoms with Crippen LogP contribution >= 0.6 is 0 Å². The molecule has 0 fully saturated rings. The molecule has 1 radical (unpaired) electrons. The van der Waals surface area contributed by atoms with Gasteiger partial charge in [0.1, 0.15) is 11.2 Å². The summed E-state index contributed by atoms with van der Waals surface area (Å²) in [6.45, 7) is 5.80. The smallest absolute Gasteiger partial charge is 0.344 e. The summed E-state index contributed by atoms with van der Waals surface area (Å²) in [4.78, 5) is 16.0. The van der Waals surface area contributed by atoms with Gasteiger partial charge in [0, 0.05) is 68.5 Å². The average molecular weight is 287 g/mol. The molecule has 19 heavy (non-hydrogen) atoms. The van der Waals surface area contributed by atoms with E-state index in [1.807, 2.05) is 20.8 Å². The molecule has 0 bridgehead atoms. The molecule has 0 aromatic carbocycles. The van der Waals surface area contributed by atoms with Crippen LogP contribution in [0.25, 0.3) is 11.0 Å². The summed E-state index contributed by atoms with van der Waals surface area (Å²) in [5.74, 6) is -0.670. The predicted molar refractivity (Wildman–Crippen MR) is 73.5 cm³/mol. The zero-order valence-electron chi connectivity index (χ0n) is 11.9. The van der Waals surface area contributed by atoms with Crippen molar-refractivity contribution in [3.05, 3.63) is 23.9 Å². The van der Waals surface area contributed by atoms with E-state index in [0.29, 0.717) is 11.0 Å². The molecule has 5 nitrogen and oxygen atoms in total. The zero-order valence-corrected chi connectivity index (χ0v) is 15.0. The largest absolute Gasteiger partial charge is 0.494 e. The maximum Gasteiger partial charge on any atom is 0.344 e. The van der Waals surface area contributed by atoms with Crippen LogP contribution in [0.1, 0.15) is 31.1 Å². The van der Waals surface area contributed by atoms with Gasteiger partial charge in [-0.3, -0.25) is 4.57 Å². The second-order valence-electron chi connectivity index (χ2n) is 5.07. The zero-order chi connectivity index (χ0) is 13.5. The van der Waals surface area contributed by atoms with E-state index in [0.717, 1.165) is 0 Å². The first kappa shape index (κ1) is 16.7. The van der Waals surface area contributed by atoms with E-state index in [1.54, 1.807) is 22.9 Å². The minimum atomic E-state index is -0.562. The Hall–Kier alpha value is -0.404. The number of hydrogen-bond donors (Lipinski definition) is 1. The Morgan fingerprint density at radius 3 is 2.58 bits per heavy atom. The molecule has 2 aromatic heterocycles. The number of carbonyl (C=O) groups excluding carboxylic acids is 1. The first-order valence-corrected chi connectivity index (χ1v) is 5.65. The number of pyridine rings is 1. The van der Waals surface area contributed by atoms with Crippen LogP contribution in [0.3, 0.4) is 0 Å². The number of ether oxygens (including phenoxy) is 1. The SMILES string of the molecule is COC(=O)c1c(O)n(C(C)(C)C)c2ncccc12.[K]. The van der Waals surface area contributed by atoms with Gasteiger partial charge in [0.05, 0.1) is 7.11 Å². The van der Waals surface area contributed by atoms with Gasteiger partial charge < -0.3 is 9.84 Å². The van der Waals surface area contributed by atoms with Gasteiger partial charge in [-0.05, 0) is 32.9 Å². The van der Waals surface area contributed by atoms with Crippen LogP contribution in [0, 0.1) is 0 Å². The molecule has 97 valence electrons. The van der Waals surface area contributed by atoms with E-state index in [9.17, 15) is 9.90 Å². The summed E-state index contributed by atoms with van der Waals surface area (Å²) in [5.41, 5.74) is 0.349. The van der Waals surface area contributed by atoms with Crippen molar-refractivity contribution in [2.24, 2.45) is 0 Å². The van der Waals surface area contributed by atoms with Gasteiger partial charge in [-0.25, -0.2) is 9.78 Å². The fourth-order valence-electron chi connectivity index (χ4n) is 2.04. The van der Waals surface area contributed by atoms with E-state index in [2.05, 4.69) is 4.98 Å². The molecule has 6 heteroatoms. The molecule has 0 amide bonds. The third-order valence-corrected chi connectivity index (χ3v) is 2.76. The molecule has 0 spiro atoms. The van der Waals surface area contributed by atoms with E-state index in [4.69, 9.17) is 4.74 Å². The van der Waals surface area contributed by atoms with Gasteiger partial charge in [-0.15, -0.1) is 0 Å². The standard InChI is InChI=1S/C13H16N2O3.K/c1-13(2,3)15-10-8(6-5-7-14-10)9(11(15)16)12(17)18-4;/h5-7,16H,1-4H3;. The van der Waals surface area contributed by atoms with Crippen molar-refractivity contribution in [2.45, 2.75) is 26.3 Å². The summed E-state index contributed by atoms with van der Waals surface area (Å²) in [5, 5.41) is 10.9. The first-order valence-electron chi connectivity index (χ1n) is 5.65. The maximum atomic E-state index is 11.8. The molecule has 2 heterocycles. The van der Waals surface area contributed by atoms with Crippen molar-refractivity contribution in [1.82, 2.24) is 9.55 Å². The van der Waals surface area contributed by atoms with E-state index >= 15 is 0 Å². The fourth-order valence-corrected chi connectivity index (χ4v) is 2.04. The molecule has 0 aliphatic rings. The van der Waals surface area contributed by atoms with Gasteiger partial charge in [0.2, 0.25) is 5.88 Å². The Morgan fingerprint density at radius 1 is 1.42 bits per heavy atom. The fraction of sp³-hybridized carbons (Fsp3) is 0.385. The van der Waals surface area contributed by atoms with Crippen molar-refractivity contribution in [3.8, 4) is 5.88 Å². The maximum absolute atomic E-state index is 11.8. The predicted octanol–water partition coefficient (Wildman–Crippen LogP) is 1.90. The number of methoxy groups -OCH3 is 1. The Balaban J connectivity index is 0.00000180. The van der Waals surface area contributed by atoms with E-state index in [1.165, 1.54) is 7.11 Å². The Bertz CT molecular complexity index is 614. The second kappa shape index (κ2) is 5.93. The van der Waals surface area contributed by atoms with Gasteiger partial charge in [-0.1, -0.05) is 0 Å². The minimum absolute atomic E-state index is 0. The second-order valence-corrected chi connectivity index (χ2v) is 5.07. The van der Waals surface area contributed by atoms with Crippen LogP contribution in [0.2, 0.25) is 0 Å². The van der Waals surface area contributed by atoms with Gasteiger partial charge in [-0.2, -0.15) is 0 Å². The monoisotopic (exact) mass is 287 g/mol. The Kier molecular flexibility index (Phi) is 5.19. The molecule has 0 aliphatic heterocycles. The number of fused-ring (bicyclic) bond motifs is 1. The number of aromatic nitrogens is 2. The molecule has 0 atom stereocenters. The topological polar surface area (TPSA) is 64.3 Å². The van der Waals surface area contributed by atoms with Gasteiger partial charge in [0.25, 0.3) is 0 Å². The van der Waals surface area contributed by atoms with Crippen molar-refractivity contribution in [3.63, 3.8) is 0 Å². The molecule has 0 aliphatic carbocycles. The van der Waals surface area contributed by atoms with Crippen LogP contribution in [0.4, 0.5) is 0 Å². The third-order valence-electron chi connectivity index (χ3n) is 2.76. The minimum Gasteiger partial charge on any atom is -0.494 e. The number of esters is 1. The van der Waals surface area contributed by atoms with Crippen molar-refractivity contribution >= 4 is 68.4 Å². The third kappa shape index (κ3) is 2.87. The van der Waals surface area contributed by atoms with Crippen molar-refractivity contribution in [2.75, 3.05) is 7.11 Å². The molecular formula is C13H16KN2O3. The van der Waals surface area contributed by atoms with Crippen LogP contribution in [0.5, 0.6) is 5.88 Å². The first-order chi connectivity index (χ1) is 8.38. The normalized spacial score (nSPS) is 11.2. The molecule has 1 N–H and O–H groups in total. The quantitative estimate of drug-likeness (QED) is 0.643. The summed E-state index contributed by atoms with van der Waals surface area (Å²) in [6, 6.07) is 3.47. The molecule has 0 saturated carbocycles. The molecule has 2 aromatic rings. The van der Waals surface area contributed by atoms with Gasteiger partial charge >= 0.3 is 5.97 Å². The summed E-state index contributed by atoms with van der Waals surface area (Å²) in [7, 11) is 1.29. The van der Waals surface area contributed by atoms with Crippen LogP contribution in [-0.4, -0.2) is 79.1 Å². The number of carbonyl (C=O) groups is 1. The molecule has 0 saturated heterocycles. The number of hydrogen-bond acceptors (Lipinski definition) is 4. The number of aromatic hydroxyl groups is 1. The Morgan fingerprint density at radius 2 is 2.05 bits per heavy atom. The average Bonchev–Trinajstić information content (AvgIpc) is 2.59. The summed E-state index contributed by atoms with van der Waals surface area (Å²) in [6.07, 6.45) is 1.63. The van der Waals surface area contributed by atoms with E-state index < -0.39 is 5.97 Å². The van der Waals surface area contributed by atoms with Crippen LogP contribution in [0.15, 0.2) is 18.3 Å². The summed E-state index contributed by atoms with van der Waals surface area (Å²) >= 11 is 0. The summed E-state index contributed by atoms with van der Waals surface area (Å²) < 4.78 is 6.34. The molecule has 0 unspecified atom stereocenters.